The molecule has 1 aromatic carbocycles. The van der Waals surface area contributed by atoms with Gasteiger partial charge >= 0.3 is 0 Å². The quantitative estimate of drug-likeness (QED) is 0.626. The normalized spacial score (nSPS) is 18.2. The number of phenols is 2. The molecule has 14 heavy (non-hydrogen) atoms. The van der Waals surface area contributed by atoms with Crippen LogP contribution in [0.15, 0.2) is 6.07 Å². The van der Waals surface area contributed by atoms with E-state index in [0.29, 0.717) is 0 Å². The van der Waals surface area contributed by atoms with Crippen LogP contribution in [-0.2, 0) is 5.54 Å². The van der Waals surface area contributed by atoms with Gasteiger partial charge in [-0.25, -0.2) is 0 Å². The first-order valence-electron chi connectivity index (χ1n) is 4.46. The number of halogens is 1. The molecule has 0 bridgehead atoms. The fraction of sp³-hybridized carbons (Fsp3) is 0.400. The number of hydrogen-bond donors (Lipinski definition) is 3. The Balaban J connectivity index is 2.65. The predicted molar refractivity (Wildman–Crippen MR) is 54.6 cm³/mol. The number of rotatable bonds is 1. The minimum absolute atomic E-state index is 0.183. The Kier molecular flexibility index (Phi) is 1.91. The van der Waals surface area contributed by atoms with Crippen molar-refractivity contribution in [1.82, 2.24) is 0 Å². The highest BCUT2D eigenvalue weighted by Gasteiger charge is 2.43. The summed E-state index contributed by atoms with van der Waals surface area (Å²) in [7, 11) is 0. The number of hydrogen-bond acceptors (Lipinski definition) is 3. The highest BCUT2D eigenvalue weighted by Crippen LogP contribution is 2.50. The van der Waals surface area contributed by atoms with E-state index in [2.05, 4.69) is 0 Å². The smallest absolute Gasteiger partial charge is 0.176 e. The molecule has 2 rings (SSSR count). The molecule has 0 spiro atoms. The van der Waals surface area contributed by atoms with Gasteiger partial charge in [0.15, 0.2) is 11.5 Å². The molecule has 4 heteroatoms. The lowest BCUT2D eigenvalue weighted by Gasteiger charge is -2.16. The summed E-state index contributed by atoms with van der Waals surface area (Å²) < 4.78 is 0. The molecule has 0 heterocycles. The molecule has 1 aliphatic carbocycles. The molecule has 0 radical (unpaired) electrons. The molecule has 0 aliphatic heterocycles. The van der Waals surface area contributed by atoms with Gasteiger partial charge in [-0.3, -0.25) is 0 Å². The van der Waals surface area contributed by atoms with E-state index in [1.165, 1.54) is 6.07 Å². The van der Waals surface area contributed by atoms with Gasteiger partial charge < -0.3 is 15.9 Å². The van der Waals surface area contributed by atoms with Gasteiger partial charge in [0, 0.05) is 5.54 Å². The van der Waals surface area contributed by atoms with Crippen molar-refractivity contribution in [3.05, 3.63) is 22.2 Å². The Bertz CT molecular complexity index is 400. The number of aryl methyl sites for hydroxylation is 1. The molecule has 0 atom stereocenters. The van der Waals surface area contributed by atoms with E-state index in [0.717, 1.165) is 24.0 Å². The van der Waals surface area contributed by atoms with Crippen LogP contribution in [0.2, 0.25) is 5.02 Å². The molecule has 0 aromatic heterocycles. The summed E-state index contributed by atoms with van der Waals surface area (Å²) in [6, 6.07) is 1.49. The monoisotopic (exact) mass is 213 g/mol. The first kappa shape index (κ1) is 9.62. The lowest BCUT2D eigenvalue weighted by molar-refractivity contribution is 0.402. The first-order chi connectivity index (χ1) is 6.46. The van der Waals surface area contributed by atoms with Crippen molar-refractivity contribution in [3.63, 3.8) is 0 Å². The molecule has 1 fully saturated rings. The number of benzene rings is 1. The van der Waals surface area contributed by atoms with Crippen molar-refractivity contribution >= 4 is 11.6 Å². The van der Waals surface area contributed by atoms with E-state index < -0.39 is 5.54 Å². The Labute approximate surface area is 87.1 Å². The molecule has 3 nitrogen and oxygen atoms in total. The van der Waals surface area contributed by atoms with Gasteiger partial charge in [0.1, 0.15) is 0 Å². The molecule has 0 saturated heterocycles. The van der Waals surface area contributed by atoms with Gasteiger partial charge in [-0.05, 0) is 37.0 Å². The molecule has 0 amide bonds. The highest BCUT2D eigenvalue weighted by molar-refractivity contribution is 6.33. The molecular formula is C10H12ClNO2. The zero-order valence-electron chi connectivity index (χ0n) is 7.84. The number of aromatic hydroxyl groups is 2. The van der Waals surface area contributed by atoms with Crippen LogP contribution in [0.25, 0.3) is 0 Å². The zero-order chi connectivity index (χ0) is 10.5. The number of phenolic OH excluding ortho intramolecular Hbond substituents is 2. The summed E-state index contributed by atoms with van der Waals surface area (Å²) in [5.41, 5.74) is 7.20. The summed E-state index contributed by atoms with van der Waals surface area (Å²) in [5, 5.41) is 19.0. The summed E-state index contributed by atoms with van der Waals surface area (Å²) in [4.78, 5) is 0. The zero-order valence-corrected chi connectivity index (χ0v) is 8.60. The van der Waals surface area contributed by atoms with Crippen LogP contribution in [0.4, 0.5) is 0 Å². The molecule has 76 valence electrons. The maximum absolute atomic E-state index is 9.47. The van der Waals surface area contributed by atoms with Crippen LogP contribution in [0.3, 0.4) is 0 Å². The standard InChI is InChI=1S/C10H12ClNO2/c1-5-4-6(13)9(14)8(11)7(5)10(12)2-3-10/h4,13-14H,2-3,12H2,1H3. The summed E-state index contributed by atoms with van der Waals surface area (Å²) in [6.07, 6.45) is 1.75. The topological polar surface area (TPSA) is 66.5 Å². The fourth-order valence-corrected chi connectivity index (χ4v) is 2.18. The second kappa shape index (κ2) is 2.78. The van der Waals surface area contributed by atoms with Gasteiger partial charge in [-0.1, -0.05) is 11.6 Å². The average Bonchev–Trinajstić information content (AvgIpc) is 2.80. The molecule has 1 saturated carbocycles. The Morgan fingerprint density at radius 1 is 1.43 bits per heavy atom. The predicted octanol–water partition coefficient (Wildman–Crippen LogP) is 2.01. The van der Waals surface area contributed by atoms with Gasteiger partial charge in [-0.2, -0.15) is 0 Å². The summed E-state index contributed by atoms with van der Waals surface area (Å²) in [6.45, 7) is 1.83. The van der Waals surface area contributed by atoms with E-state index in [1.807, 2.05) is 6.92 Å². The maximum atomic E-state index is 9.47. The number of nitrogens with two attached hydrogens (primary N) is 1. The third-order valence-corrected chi connectivity index (χ3v) is 3.07. The van der Waals surface area contributed by atoms with E-state index in [4.69, 9.17) is 17.3 Å². The fourth-order valence-electron chi connectivity index (χ4n) is 1.75. The third kappa shape index (κ3) is 1.24. The highest BCUT2D eigenvalue weighted by atomic mass is 35.5. The second-order valence-corrected chi connectivity index (χ2v) is 4.28. The van der Waals surface area contributed by atoms with Crippen molar-refractivity contribution in [1.29, 1.82) is 0 Å². The first-order valence-corrected chi connectivity index (χ1v) is 4.84. The van der Waals surface area contributed by atoms with Crippen LogP contribution in [0, 0.1) is 6.92 Å². The largest absolute Gasteiger partial charge is 0.504 e. The van der Waals surface area contributed by atoms with Gasteiger partial charge in [-0.15, -0.1) is 0 Å². The molecule has 4 N–H and O–H groups in total. The van der Waals surface area contributed by atoms with E-state index >= 15 is 0 Å². The molecular weight excluding hydrogens is 202 g/mol. The summed E-state index contributed by atoms with van der Waals surface area (Å²) >= 11 is 5.94. The average molecular weight is 214 g/mol. The Hall–Kier alpha value is -0.930. The minimum Gasteiger partial charge on any atom is -0.504 e. The van der Waals surface area contributed by atoms with Crippen LogP contribution < -0.4 is 5.73 Å². The molecule has 0 unspecified atom stereocenters. The van der Waals surface area contributed by atoms with Crippen LogP contribution in [-0.4, -0.2) is 10.2 Å². The minimum atomic E-state index is -0.396. The van der Waals surface area contributed by atoms with Crippen molar-refractivity contribution < 1.29 is 10.2 Å². The van der Waals surface area contributed by atoms with E-state index in [1.54, 1.807) is 0 Å². The van der Waals surface area contributed by atoms with Gasteiger partial charge in [0.05, 0.1) is 5.02 Å². The van der Waals surface area contributed by atoms with Crippen molar-refractivity contribution in [2.75, 3.05) is 0 Å². The molecule has 1 aliphatic rings. The van der Waals surface area contributed by atoms with Gasteiger partial charge in [0.2, 0.25) is 0 Å². The van der Waals surface area contributed by atoms with Crippen LogP contribution in [0.5, 0.6) is 11.5 Å². The summed E-state index contributed by atoms with van der Waals surface area (Å²) in [5.74, 6) is -0.468. The second-order valence-electron chi connectivity index (χ2n) is 3.91. The Morgan fingerprint density at radius 2 is 2.00 bits per heavy atom. The SMILES string of the molecule is Cc1cc(O)c(O)c(Cl)c1C1(N)CC1. The lowest BCUT2D eigenvalue weighted by Crippen LogP contribution is -2.20. The lowest BCUT2D eigenvalue weighted by atomic mass is 9.99. The van der Waals surface area contributed by atoms with Gasteiger partial charge in [0.25, 0.3) is 0 Å². The van der Waals surface area contributed by atoms with Crippen molar-refractivity contribution in [2.45, 2.75) is 25.3 Å². The molecule has 1 aromatic rings. The van der Waals surface area contributed by atoms with Crippen LogP contribution >= 0.6 is 11.6 Å². The van der Waals surface area contributed by atoms with Crippen molar-refractivity contribution in [3.8, 4) is 11.5 Å². The van der Waals surface area contributed by atoms with E-state index in [-0.39, 0.29) is 16.5 Å². The maximum Gasteiger partial charge on any atom is 0.176 e. The third-order valence-electron chi connectivity index (χ3n) is 2.70. The Morgan fingerprint density at radius 3 is 2.50 bits per heavy atom. The van der Waals surface area contributed by atoms with Crippen LogP contribution in [0.1, 0.15) is 24.0 Å². The van der Waals surface area contributed by atoms with E-state index in [9.17, 15) is 10.2 Å². The van der Waals surface area contributed by atoms with Crippen molar-refractivity contribution in [2.24, 2.45) is 5.73 Å².